The maximum atomic E-state index is 13.4. The molecule has 0 radical (unpaired) electrons. The number of alkyl halides is 3. The molecule has 0 saturated heterocycles. The van der Waals surface area contributed by atoms with Crippen LogP contribution in [0.5, 0.6) is 0 Å². The van der Waals surface area contributed by atoms with Gasteiger partial charge in [-0.25, -0.2) is 4.39 Å². The smallest absolute Gasteiger partial charge is 0.348 e. The average molecular weight is 314 g/mol. The van der Waals surface area contributed by atoms with Crippen LogP contribution < -0.4 is 10.9 Å². The van der Waals surface area contributed by atoms with Crippen LogP contribution in [0.1, 0.15) is 21.5 Å². The molecule has 1 aromatic heterocycles. The van der Waals surface area contributed by atoms with Gasteiger partial charge in [-0.05, 0) is 23.8 Å². The maximum Gasteiger partial charge on any atom is 0.419 e. The Bertz CT molecular complexity index is 733. The summed E-state index contributed by atoms with van der Waals surface area (Å²) in [5.74, 6) is -1.94. The van der Waals surface area contributed by atoms with Crippen LogP contribution in [0, 0.1) is 5.82 Å². The third kappa shape index (κ3) is 3.72. The SMILES string of the molecule is O=C(NCc1ccc(C(F)(F)F)c(F)c1)c1ccc(=O)[nH]c1. The van der Waals surface area contributed by atoms with E-state index < -0.39 is 23.5 Å². The largest absolute Gasteiger partial charge is 0.419 e. The molecule has 0 fully saturated rings. The summed E-state index contributed by atoms with van der Waals surface area (Å²) in [4.78, 5) is 24.9. The van der Waals surface area contributed by atoms with E-state index >= 15 is 0 Å². The van der Waals surface area contributed by atoms with Gasteiger partial charge in [0.25, 0.3) is 5.91 Å². The molecule has 0 bridgehead atoms. The third-order valence-corrected chi connectivity index (χ3v) is 2.84. The summed E-state index contributed by atoms with van der Waals surface area (Å²) < 4.78 is 50.6. The number of hydrogen-bond acceptors (Lipinski definition) is 2. The third-order valence-electron chi connectivity index (χ3n) is 2.84. The molecule has 0 unspecified atom stereocenters. The Kier molecular flexibility index (Phi) is 4.30. The zero-order chi connectivity index (χ0) is 16.3. The first-order valence-corrected chi connectivity index (χ1v) is 6.10. The Hall–Kier alpha value is -2.64. The van der Waals surface area contributed by atoms with Crippen molar-refractivity contribution < 1.29 is 22.4 Å². The van der Waals surface area contributed by atoms with E-state index in [1.165, 1.54) is 12.3 Å². The Morgan fingerprint density at radius 3 is 2.45 bits per heavy atom. The summed E-state index contributed by atoms with van der Waals surface area (Å²) in [7, 11) is 0. The molecule has 0 atom stereocenters. The minimum atomic E-state index is -4.76. The Morgan fingerprint density at radius 1 is 1.18 bits per heavy atom. The molecule has 1 aromatic carbocycles. The number of nitrogens with one attached hydrogen (secondary N) is 2. The van der Waals surface area contributed by atoms with Crippen LogP contribution in [0.15, 0.2) is 41.3 Å². The van der Waals surface area contributed by atoms with Crippen molar-refractivity contribution in [2.75, 3.05) is 0 Å². The quantitative estimate of drug-likeness (QED) is 0.855. The van der Waals surface area contributed by atoms with Crippen LogP contribution in [0.2, 0.25) is 0 Å². The molecule has 2 aromatic rings. The van der Waals surface area contributed by atoms with Gasteiger partial charge >= 0.3 is 6.18 Å². The fourth-order valence-corrected chi connectivity index (χ4v) is 1.73. The topological polar surface area (TPSA) is 62.0 Å². The number of aromatic nitrogens is 1. The van der Waals surface area contributed by atoms with Gasteiger partial charge in [0.2, 0.25) is 5.56 Å². The highest BCUT2D eigenvalue weighted by atomic mass is 19.4. The van der Waals surface area contributed by atoms with Crippen LogP contribution in [0.25, 0.3) is 0 Å². The first-order chi connectivity index (χ1) is 10.3. The van der Waals surface area contributed by atoms with Crippen LogP contribution in [-0.2, 0) is 12.7 Å². The van der Waals surface area contributed by atoms with Crippen LogP contribution in [-0.4, -0.2) is 10.9 Å². The van der Waals surface area contributed by atoms with E-state index in [1.54, 1.807) is 0 Å². The molecular formula is C14H10F4N2O2. The summed E-state index contributed by atoms with van der Waals surface area (Å²) in [6.07, 6.45) is -3.56. The van der Waals surface area contributed by atoms with E-state index in [9.17, 15) is 27.2 Å². The number of benzene rings is 1. The zero-order valence-corrected chi connectivity index (χ0v) is 11.0. The molecule has 0 aliphatic carbocycles. The van der Waals surface area contributed by atoms with E-state index in [0.717, 1.165) is 18.2 Å². The molecule has 0 saturated carbocycles. The molecule has 1 amide bonds. The molecular weight excluding hydrogens is 304 g/mol. The van der Waals surface area contributed by atoms with Gasteiger partial charge in [0.15, 0.2) is 0 Å². The van der Waals surface area contributed by atoms with Crippen molar-refractivity contribution in [3.8, 4) is 0 Å². The number of pyridine rings is 1. The highest BCUT2D eigenvalue weighted by Gasteiger charge is 2.33. The van der Waals surface area contributed by atoms with Crippen molar-refractivity contribution in [3.05, 3.63) is 69.4 Å². The molecule has 0 spiro atoms. The van der Waals surface area contributed by atoms with Crippen molar-refractivity contribution >= 4 is 5.91 Å². The van der Waals surface area contributed by atoms with Gasteiger partial charge in [0.05, 0.1) is 11.1 Å². The highest BCUT2D eigenvalue weighted by molar-refractivity contribution is 5.93. The van der Waals surface area contributed by atoms with Gasteiger partial charge in [-0.15, -0.1) is 0 Å². The number of hydrogen-bond donors (Lipinski definition) is 2. The summed E-state index contributed by atoms with van der Waals surface area (Å²) >= 11 is 0. The van der Waals surface area contributed by atoms with Crippen molar-refractivity contribution in [1.82, 2.24) is 10.3 Å². The maximum absolute atomic E-state index is 13.4. The van der Waals surface area contributed by atoms with Gasteiger partial charge in [-0.3, -0.25) is 9.59 Å². The second-order valence-corrected chi connectivity index (χ2v) is 4.44. The Balaban J connectivity index is 2.06. The lowest BCUT2D eigenvalue weighted by Crippen LogP contribution is -2.24. The van der Waals surface area contributed by atoms with E-state index in [-0.39, 0.29) is 23.2 Å². The number of carbonyl (C=O) groups excluding carboxylic acids is 1. The number of amides is 1. The first kappa shape index (κ1) is 15.7. The fourth-order valence-electron chi connectivity index (χ4n) is 1.73. The number of H-pyrrole nitrogens is 1. The molecule has 0 aliphatic heterocycles. The van der Waals surface area contributed by atoms with E-state index in [0.29, 0.717) is 6.07 Å². The monoisotopic (exact) mass is 314 g/mol. The van der Waals surface area contributed by atoms with Crippen molar-refractivity contribution in [2.45, 2.75) is 12.7 Å². The minimum absolute atomic E-state index is 0.146. The molecule has 116 valence electrons. The van der Waals surface area contributed by atoms with E-state index in [2.05, 4.69) is 10.3 Å². The molecule has 1 heterocycles. The van der Waals surface area contributed by atoms with Gasteiger partial charge in [-0.1, -0.05) is 6.07 Å². The molecule has 4 nitrogen and oxygen atoms in total. The number of halogens is 4. The summed E-state index contributed by atoms with van der Waals surface area (Å²) in [5, 5.41) is 2.41. The minimum Gasteiger partial charge on any atom is -0.348 e. The van der Waals surface area contributed by atoms with Crippen LogP contribution in [0.4, 0.5) is 17.6 Å². The normalized spacial score (nSPS) is 11.3. The van der Waals surface area contributed by atoms with Crippen molar-refractivity contribution in [2.24, 2.45) is 0 Å². The lowest BCUT2D eigenvalue weighted by Gasteiger charge is -2.10. The highest BCUT2D eigenvalue weighted by Crippen LogP contribution is 2.31. The molecule has 22 heavy (non-hydrogen) atoms. The molecule has 2 rings (SSSR count). The number of aromatic amines is 1. The van der Waals surface area contributed by atoms with Gasteiger partial charge in [0.1, 0.15) is 5.82 Å². The predicted molar refractivity (Wildman–Crippen MR) is 69.6 cm³/mol. The van der Waals surface area contributed by atoms with E-state index in [4.69, 9.17) is 0 Å². The molecule has 8 heteroatoms. The average Bonchev–Trinajstić information content (AvgIpc) is 2.44. The van der Waals surface area contributed by atoms with Gasteiger partial charge in [-0.2, -0.15) is 13.2 Å². The van der Waals surface area contributed by atoms with Gasteiger partial charge < -0.3 is 10.3 Å². The second-order valence-electron chi connectivity index (χ2n) is 4.44. The molecule has 0 aliphatic rings. The lowest BCUT2D eigenvalue weighted by molar-refractivity contribution is -0.140. The first-order valence-electron chi connectivity index (χ1n) is 6.10. The van der Waals surface area contributed by atoms with Crippen molar-refractivity contribution in [3.63, 3.8) is 0 Å². The number of rotatable bonds is 3. The van der Waals surface area contributed by atoms with Crippen LogP contribution in [0.3, 0.4) is 0 Å². The summed E-state index contributed by atoms with van der Waals surface area (Å²) in [6, 6.07) is 4.88. The standard InChI is InChI=1S/C14H10F4N2O2/c15-11-5-8(1-3-10(11)14(16,17)18)6-20-13(22)9-2-4-12(21)19-7-9/h1-5,7H,6H2,(H,19,21)(H,20,22). The predicted octanol–water partition coefficient (Wildman–Crippen LogP) is 2.46. The Labute approximate surface area is 121 Å². The fraction of sp³-hybridized carbons (Fsp3) is 0.143. The zero-order valence-electron chi connectivity index (χ0n) is 11.0. The van der Waals surface area contributed by atoms with Crippen molar-refractivity contribution in [1.29, 1.82) is 0 Å². The lowest BCUT2D eigenvalue weighted by atomic mass is 10.1. The summed E-state index contributed by atoms with van der Waals surface area (Å²) in [6.45, 7) is -0.146. The van der Waals surface area contributed by atoms with E-state index in [1.807, 2.05) is 0 Å². The van der Waals surface area contributed by atoms with Gasteiger partial charge in [0, 0.05) is 18.8 Å². The number of carbonyl (C=O) groups is 1. The summed E-state index contributed by atoms with van der Waals surface area (Å²) in [5.41, 5.74) is -1.38. The molecule has 2 N–H and O–H groups in total. The second kappa shape index (κ2) is 6.00. The van der Waals surface area contributed by atoms with Crippen LogP contribution >= 0.6 is 0 Å². The Morgan fingerprint density at radius 2 is 1.91 bits per heavy atom.